The fourth-order valence-electron chi connectivity index (χ4n) is 2.91. The minimum absolute atomic E-state index is 0.548. The summed E-state index contributed by atoms with van der Waals surface area (Å²) >= 11 is 0. The highest BCUT2D eigenvalue weighted by Crippen LogP contribution is 2.34. The third kappa shape index (κ3) is 3.06. The van der Waals surface area contributed by atoms with Crippen molar-refractivity contribution in [1.29, 1.82) is 0 Å². The molecular formula is C17H14F3NO2. The molecule has 3 rings (SSSR count). The number of alkyl halides is 3. The Hall–Kier alpha value is -2.37. The zero-order chi connectivity index (χ0) is 16.6. The molecule has 1 aliphatic carbocycles. The highest BCUT2D eigenvalue weighted by Gasteiger charge is 2.30. The van der Waals surface area contributed by atoms with Gasteiger partial charge in [0.25, 0.3) is 0 Å². The lowest BCUT2D eigenvalue weighted by Crippen LogP contribution is -2.19. The molecule has 2 aromatic rings. The Kier molecular flexibility index (Phi) is 3.83. The fourth-order valence-corrected chi connectivity index (χ4v) is 2.91. The van der Waals surface area contributed by atoms with Crippen molar-refractivity contribution in [2.45, 2.75) is 31.4 Å². The van der Waals surface area contributed by atoms with E-state index in [0.717, 1.165) is 24.2 Å². The van der Waals surface area contributed by atoms with E-state index < -0.39 is 23.6 Å². The lowest BCUT2D eigenvalue weighted by molar-refractivity contribution is -0.139. The van der Waals surface area contributed by atoms with Crippen LogP contribution in [0.25, 0.3) is 11.3 Å². The number of fused-ring (bicyclic) bond motifs is 1. The van der Waals surface area contributed by atoms with E-state index in [1.54, 1.807) is 12.1 Å². The number of nitrogens with zero attached hydrogens (tertiary/aromatic N) is 1. The molecule has 0 amide bonds. The molecule has 0 saturated carbocycles. The lowest BCUT2D eigenvalue weighted by Gasteiger charge is -2.22. The quantitative estimate of drug-likeness (QED) is 0.898. The second-order valence-electron chi connectivity index (χ2n) is 5.59. The van der Waals surface area contributed by atoms with E-state index in [1.807, 2.05) is 0 Å². The molecule has 0 fully saturated rings. The maximum Gasteiger partial charge on any atom is 0.416 e. The first kappa shape index (κ1) is 15.5. The smallest absolute Gasteiger partial charge is 0.416 e. The highest BCUT2D eigenvalue weighted by atomic mass is 19.4. The standard InChI is InChI=1S/C17H14F3NO2/c18-17(19,20)11-6-4-10(5-7-11)14-9-8-12-13(16(22)23)2-1-3-15(12)21-14/h4-9,13H,1-3H2,(H,22,23). The zero-order valence-electron chi connectivity index (χ0n) is 12.1. The number of aliphatic carboxylic acids is 1. The van der Waals surface area contributed by atoms with Crippen LogP contribution in [0.3, 0.4) is 0 Å². The van der Waals surface area contributed by atoms with Gasteiger partial charge in [0.05, 0.1) is 17.2 Å². The first-order valence-electron chi connectivity index (χ1n) is 7.26. The number of aryl methyl sites for hydroxylation is 1. The van der Waals surface area contributed by atoms with Gasteiger partial charge in [0.2, 0.25) is 0 Å². The summed E-state index contributed by atoms with van der Waals surface area (Å²) in [4.78, 5) is 15.7. The fraction of sp³-hybridized carbons (Fsp3) is 0.294. The summed E-state index contributed by atoms with van der Waals surface area (Å²) < 4.78 is 37.8. The molecule has 1 unspecified atom stereocenters. The largest absolute Gasteiger partial charge is 0.481 e. The third-order valence-electron chi connectivity index (χ3n) is 4.10. The van der Waals surface area contributed by atoms with Gasteiger partial charge in [-0.05, 0) is 43.0 Å². The van der Waals surface area contributed by atoms with E-state index in [4.69, 9.17) is 0 Å². The number of carbonyl (C=O) groups is 1. The van der Waals surface area contributed by atoms with Crippen LogP contribution < -0.4 is 0 Å². The van der Waals surface area contributed by atoms with Crippen molar-refractivity contribution in [2.24, 2.45) is 0 Å². The molecule has 1 aromatic carbocycles. The second-order valence-corrected chi connectivity index (χ2v) is 5.59. The number of halogens is 3. The van der Waals surface area contributed by atoms with E-state index in [1.165, 1.54) is 12.1 Å². The molecule has 0 radical (unpaired) electrons. The molecule has 1 atom stereocenters. The topological polar surface area (TPSA) is 50.2 Å². The molecule has 1 aliphatic rings. The first-order valence-corrected chi connectivity index (χ1v) is 7.26. The predicted octanol–water partition coefficient (Wildman–Crippen LogP) is 4.27. The summed E-state index contributed by atoms with van der Waals surface area (Å²) in [6.45, 7) is 0. The van der Waals surface area contributed by atoms with E-state index >= 15 is 0 Å². The van der Waals surface area contributed by atoms with Gasteiger partial charge >= 0.3 is 12.1 Å². The normalized spacial score (nSPS) is 17.6. The van der Waals surface area contributed by atoms with Crippen LogP contribution in [0.5, 0.6) is 0 Å². The average molecular weight is 321 g/mol. The number of carboxylic acid groups (broad SMARTS) is 1. The van der Waals surface area contributed by atoms with Crippen molar-refractivity contribution in [3.05, 3.63) is 53.2 Å². The Morgan fingerprint density at radius 3 is 2.43 bits per heavy atom. The molecule has 1 N–H and O–H groups in total. The van der Waals surface area contributed by atoms with Crippen molar-refractivity contribution >= 4 is 5.97 Å². The van der Waals surface area contributed by atoms with Crippen molar-refractivity contribution in [1.82, 2.24) is 4.98 Å². The number of benzene rings is 1. The minimum atomic E-state index is -4.36. The van der Waals surface area contributed by atoms with Crippen LogP contribution in [0.1, 0.15) is 35.6 Å². The molecule has 120 valence electrons. The number of hydrogen-bond acceptors (Lipinski definition) is 2. The van der Waals surface area contributed by atoms with E-state index in [-0.39, 0.29) is 0 Å². The molecule has 23 heavy (non-hydrogen) atoms. The van der Waals surface area contributed by atoms with Gasteiger partial charge < -0.3 is 5.11 Å². The van der Waals surface area contributed by atoms with Crippen LogP contribution >= 0.6 is 0 Å². The second kappa shape index (κ2) is 5.68. The first-order chi connectivity index (χ1) is 10.9. The summed E-state index contributed by atoms with van der Waals surface area (Å²) in [6, 6.07) is 8.22. The number of pyridine rings is 1. The Morgan fingerprint density at radius 1 is 1.13 bits per heavy atom. The van der Waals surface area contributed by atoms with Crippen LogP contribution in [0.15, 0.2) is 36.4 Å². The summed E-state index contributed by atoms with van der Waals surface area (Å²) in [5.41, 5.74) is 1.87. The summed E-state index contributed by atoms with van der Waals surface area (Å²) in [7, 11) is 0. The molecule has 0 saturated heterocycles. The third-order valence-corrected chi connectivity index (χ3v) is 4.10. The Balaban J connectivity index is 1.94. The molecule has 0 bridgehead atoms. The Bertz CT molecular complexity index is 738. The number of hydrogen-bond donors (Lipinski definition) is 1. The van der Waals surface area contributed by atoms with Gasteiger partial charge in [-0.15, -0.1) is 0 Å². The van der Waals surface area contributed by atoms with Crippen LogP contribution in [0.4, 0.5) is 13.2 Å². The van der Waals surface area contributed by atoms with Gasteiger partial charge in [-0.1, -0.05) is 18.2 Å². The number of aromatic nitrogens is 1. The maximum atomic E-state index is 12.6. The van der Waals surface area contributed by atoms with Crippen LogP contribution in [-0.2, 0) is 17.4 Å². The molecule has 0 spiro atoms. The predicted molar refractivity (Wildman–Crippen MR) is 78.0 cm³/mol. The zero-order valence-corrected chi connectivity index (χ0v) is 12.1. The molecule has 1 heterocycles. The number of carboxylic acids is 1. The van der Waals surface area contributed by atoms with E-state index in [2.05, 4.69) is 4.98 Å². The lowest BCUT2D eigenvalue weighted by atomic mass is 9.85. The van der Waals surface area contributed by atoms with Gasteiger partial charge in [0.1, 0.15) is 0 Å². The summed E-state index contributed by atoms with van der Waals surface area (Å²) in [6.07, 6.45) is -2.35. The molecule has 0 aliphatic heterocycles. The van der Waals surface area contributed by atoms with Crippen LogP contribution in [-0.4, -0.2) is 16.1 Å². The average Bonchev–Trinajstić information content (AvgIpc) is 2.53. The molecule has 3 nitrogen and oxygen atoms in total. The molecule has 6 heteroatoms. The van der Waals surface area contributed by atoms with Crippen molar-refractivity contribution < 1.29 is 23.1 Å². The Labute approximate surface area is 130 Å². The van der Waals surface area contributed by atoms with Crippen LogP contribution in [0, 0.1) is 0 Å². The summed E-state index contributed by atoms with van der Waals surface area (Å²) in [5, 5.41) is 9.24. The van der Waals surface area contributed by atoms with E-state index in [9.17, 15) is 23.1 Å². The molecular weight excluding hydrogens is 307 g/mol. The van der Waals surface area contributed by atoms with Gasteiger partial charge in [0, 0.05) is 11.3 Å². The van der Waals surface area contributed by atoms with Crippen molar-refractivity contribution in [3.8, 4) is 11.3 Å². The Morgan fingerprint density at radius 2 is 1.83 bits per heavy atom. The maximum absolute atomic E-state index is 12.6. The van der Waals surface area contributed by atoms with Crippen molar-refractivity contribution in [2.75, 3.05) is 0 Å². The van der Waals surface area contributed by atoms with Gasteiger partial charge in [0.15, 0.2) is 0 Å². The van der Waals surface area contributed by atoms with Crippen LogP contribution in [0.2, 0.25) is 0 Å². The minimum Gasteiger partial charge on any atom is -0.481 e. The number of rotatable bonds is 2. The molecule has 1 aromatic heterocycles. The van der Waals surface area contributed by atoms with Gasteiger partial charge in [-0.2, -0.15) is 13.2 Å². The SMILES string of the molecule is O=C(O)C1CCCc2nc(-c3ccc(C(F)(F)F)cc3)ccc21. The van der Waals surface area contributed by atoms with Gasteiger partial charge in [-0.3, -0.25) is 9.78 Å². The van der Waals surface area contributed by atoms with E-state index in [0.29, 0.717) is 29.7 Å². The van der Waals surface area contributed by atoms with Crippen molar-refractivity contribution in [3.63, 3.8) is 0 Å². The highest BCUT2D eigenvalue weighted by molar-refractivity contribution is 5.77. The summed E-state index contributed by atoms with van der Waals surface area (Å²) in [5.74, 6) is -1.41. The monoisotopic (exact) mass is 321 g/mol. The van der Waals surface area contributed by atoms with Gasteiger partial charge in [-0.25, -0.2) is 0 Å².